The van der Waals surface area contributed by atoms with Gasteiger partial charge in [-0.3, -0.25) is 4.79 Å². The Bertz CT molecular complexity index is 2060. The molecule has 0 saturated carbocycles. The highest BCUT2D eigenvalue weighted by molar-refractivity contribution is 6.05. The van der Waals surface area contributed by atoms with Gasteiger partial charge in [0.1, 0.15) is 5.69 Å². The second-order valence-electron chi connectivity index (χ2n) is 11.9. The number of urea groups is 1. The van der Waals surface area contributed by atoms with Crippen molar-refractivity contribution in [2.45, 2.75) is 12.6 Å². The number of likely N-dealkylation sites (N-methyl/N-ethyl adjacent to an activating group) is 1. The highest BCUT2D eigenvalue weighted by Gasteiger charge is 2.36. The second-order valence-corrected chi connectivity index (χ2v) is 11.9. The summed E-state index contributed by atoms with van der Waals surface area (Å²) in [5, 5.41) is 14.5. The molecule has 2 aromatic carbocycles. The zero-order valence-corrected chi connectivity index (χ0v) is 27.0. The van der Waals surface area contributed by atoms with Crippen molar-refractivity contribution >= 4 is 41.0 Å². The minimum atomic E-state index is -4.62. The number of carboxylic acid groups (broad SMARTS) is 1. The monoisotopic (exact) mass is 687 g/mol. The molecule has 0 radical (unpaired) electrons. The minimum absolute atomic E-state index is 0.0146. The van der Waals surface area contributed by atoms with Gasteiger partial charge in [-0.25, -0.2) is 24.5 Å². The lowest BCUT2D eigenvalue weighted by atomic mass is 10.1. The number of hydrogen-bond acceptors (Lipinski definition) is 8. The van der Waals surface area contributed by atoms with E-state index in [4.69, 9.17) is 5.73 Å². The SMILES string of the molecule is CN1CCN(c2ccc(NC(=O)Nc3cccc(C#Cc4cnc(N)nc4-c4cc5c(n4C)CCN(C(=O)O)C5=O)c3)cc2C(F)(F)F)CC1. The maximum atomic E-state index is 14.0. The van der Waals surface area contributed by atoms with E-state index in [2.05, 4.69) is 32.4 Å². The molecule has 258 valence electrons. The molecule has 4 amide bonds. The number of nitrogen functional groups attached to an aromatic ring is 1. The van der Waals surface area contributed by atoms with Crippen LogP contribution in [0.4, 0.5) is 45.8 Å². The van der Waals surface area contributed by atoms with E-state index in [0.717, 1.165) is 11.0 Å². The maximum Gasteiger partial charge on any atom is 0.418 e. The van der Waals surface area contributed by atoms with Gasteiger partial charge < -0.3 is 35.8 Å². The van der Waals surface area contributed by atoms with Crippen molar-refractivity contribution in [3.8, 4) is 23.2 Å². The molecule has 2 aromatic heterocycles. The molecule has 0 spiro atoms. The predicted molar refractivity (Wildman–Crippen MR) is 180 cm³/mol. The van der Waals surface area contributed by atoms with E-state index in [-0.39, 0.29) is 29.4 Å². The Hall–Kier alpha value is -6.08. The quantitative estimate of drug-likeness (QED) is 0.226. The summed E-state index contributed by atoms with van der Waals surface area (Å²) >= 11 is 0. The second kappa shape index (κ2) is 13.4. The number of imide groups is 1. The van der Waals surface area contributed by atoms with Crippen LogP contribution in [0, 0.1) is 11.8 Å². The van der Waals surface area contributed by atoms with Crippen molar-refractivity contribution in [2.75, 3.05) is 61.0 Å². The minimum Gasteiger partial charge on any atom is -0.465 e. The summed E-state index contributed by atoms with van der Waals surface area (Å²) in [5.74, 6) is 5.33. The molecule has 0 unspecified atom stereocenters. The number of nitrogens with one attached hydrogen (secondary N) is 2. The van der Waals surface area contributed by atoms with Gasteiger partial charge >= 0.3 is 18.3 Å². The van der Waals surface area contributed by atoms with Gasteiger partial charge in [0, 0.05) is 80.7 Å². The third kappa shape index (κ3) is 7.03. The van der Waals surface area contributed by atoms with Crippen LogP contribution in [0.2, 0.25) is 0 Å². The summed E-state index contributed by atoms with van der Waals surface area (Å²) in [6.07, 6.45) is -4.19. The largest absolute Gasteiger partial charge is 0.465 e. The number of nitrogens with zero attached hydrogens (tertiary/aromatic N) is 6. The number of fused-ring (bicyclic) bond motifs is 1. The van der Waals surface area contributed by atoms with Gasteiger partial charge in [0.05, 0.1) is 22.4 Å². The highest BCUT2D eigenvalue weighted by Crippen LogP contribution is 2.39. The number of hydrogen-bond donors (Lipinski definition) is 4. The number of benzene rings is 2. The molecule has 2 aliphatic heterocycles. The van der Waals surface area contributed by atoms with Crippen LogP contribution in [0.15, 0.2) is 54.7 Å². The fourth-order valence-electron chi connectivity index (χ4n) is 5.96. The molecule has 5 N–H and O–H groups in total. The van der Waals surface area contributed by atoms with Gasteiger partial charge in [-0.2, -0.15) is 13.2 Å². The number of carbonyl (C=O) groups excluding carboxylic acids is 2. The Morgan fingerprint density at radius 1 is 0.960 bits per heavy atom. The first kappa shape index (κ1) is 33.8. The molecule has 13 nitrogen and oxygen atoms in total. The normalized spacial score (nSPS) is 14.9. The number of anilines is 4. The zero-order chi connectivity index (χ0) is 35.7. The summed E-state index contributed by atoms with van der Waals surface area (Å²) < 4.78 is 43.8. The standard InChI is InChI=1S/C34H32F3N9O4/c1-43-12-14-45(15-13-43)27-9-8-23(17-25(27)34(35,36)37)41-32(48)40-22-5-3-4-20(16-22)6-7-21-19-39-31(38)42-29(21)28-18-24-26(44(28)2)10-11-46(30(24)47)33(49)50/h3-5,8-9,16-19H,10-15H2,1-2H3,(H,49,50)(H2,38,39,42)(H2,40,41,48). The molecule has 1 fully saturated rings. The van der Waals surface area contributed by atoms with E-state index in [1.54, 1.807) is 46.8 Å². The molecule has 6 rings (SSSR count). The Kier molecular flexibility index (Phi) is 9.09. The Morgan fingerprint density at radius 3 is 2.38 bits per heavy atom. The van der Waals surface area contributed by atoms with Crippen molar-refractivity contribution in [1.82, 2.24) is 24.3 Å². The Labute approximate surface area is 284 Å². The lowest BCUT2D eigenvalue weighted by molar-refractivity contribution is -0.137. The van der Waals surface area contributed by atoms with Crippen LogP contribution < -0.4 is 21.3 Å². The lowest BCUT2D eigenvalue weighted by Crippen LogP contribution is -2.45. The van der Waals surface area contributed by atoms with Gasteiger partial charge in [-0.1, -0.05) is 17.9 Å². The highest BCUT2D eigenvalue weighted by atomic mass is 19.4. The molecule has 1 saturated heterocycles. The molecule has 0 bridgehead atoms. The van der Waals surface area contributed by atoms with E-state index in [0.29, 0.717) is 66.5 Å². The number of aromatic nitrogens is 3. The number of nitrogens with two attached hydrogens (primary N) is 1. The summed E-state index contributed by atoms with van der Waals surface area (Å²) in [6.45, 7) is 2.23. The van der Waals surface area contributed by atoms with Crippen LogP contribution in [-0.2, 0) is 19.6 Å². The predicted octanol–water partition coefficient (Wildman–Crippen LogP) is 4.56. The van der Waals surface area contributed by atoms with E-state index in [1.165, 1.54) is 18.3 Å². The van der Waals surface area contributed by atoms with Crippen molar-refractivity contribution < 1.29 is 32.7 Å². The average molecular weight is 688 g/mol. The van der Waals surface area contributed by atoms with E-state index < -0.39 is 29.8 Å². The number of piperazine rings is 1. The smallest absolute Gasteiger partial charge is 0.418 e. The Morgan fingerprint density at radius 2 is 1.68 bits per heavy atom. The zero-order valence-electron chi connectivity index (χ0n) is 27.0. The fourth-order valence-corrected chi connectivity index (χ4v) is 5.96. The number of carbonyl (C=O) groups is 3. The first-order valence-corrected chi connectivity index (χ1v) is 15.5. The first-order valence-electron chi connectivity index (χ1n) is 15.5. The van der Waals surface area contributed by atoms with Crippen LogP contribution in [0.25, 0.3) is 11.4 Å². The number of alkyl halides is 3. The molecular weight excluding hydrogens is 655 g/mol. The topological polar surface area (TPSA) is 162 Å². The van der Waals surface area contributed by atoms with E-state index in [1.807, 2.05) is 11.9 Å². The van der Waals surface area contributed by atoms with Crippen molar-refractivity contribution in [3.63, 3.8) is 0 Å². The summed E-state index contributed by atoms with van der Waals surface area (Å²) in [6, 6.07) is 11.1. The lowest BCUT2D eigenvalue weighted by Gasteiger charge is -2.35. The molecular formula is C34H32F3N9O4. The van der Waals surface area contributed by atoms with Crippen LogP contribution >= 0.6 is 0 Å². The average Bonchev–Trinajstić information content (AvgIpc) is 3.41. The maximum absolute atomic E-state index is 14.0. The van der Waals surface area contributed by atoms with Crippen LogP contribution in [0.3, 0.4) is 0 Å². The third-order valence-electron chi connectivity index (χ3n) is 8.55. The van der Waals surface area contributed by atoms with E-state index in [9.17, 15) is 32.7 Å². The molecule has 0 aliphatic carbocycles. The third-order valence-corrected chi connectivity index (χ3v) is 8.55. The number of amides is 4. The van der Waals surface area contributed by atoms with Gasteiger partial charge in [0.2, 0.25) is 5.95 Å². The van der Waals surface area contributed by atoms with Crippen LogP contribution in [-0.4, -0.2) is 87.2 Å². The molecule has 50 heavy (non-hydrogen) atoms. The van der Waals surface area contributed by atoms with Crippen molar-refractivity contribution in [2.24, 2.45) is 7.05 Å². The first-order chi connectivity index (χ1) is 23.8. The van der Waals surface area contributed by atoms with Gasteiger partial charge in [-0.05, 0) is 49.5 Å². The van der Waals surface area contributed by atoms with E-state index >= 15 is 0 Å². The fraction of sp³-hybridized carbons (Fsp3) is 0.265. The molecule has 2 aliphatic rings. The van der Waals surface area contributed by atoms with Crippen molar-refractivity contribution in [1.29, 1.82) is 0 Å². The van der Waals surface area contributed by atoms with Crippen LogP contribution in [0.1, 0.15) is 32.7 Å². The number of halogens is 3. The van der Waals surface area contributed by atoms with Gasteiger partial charge in [0.15, 0.2) is 0 Å². The number of rotatable bonds is 4. The Balaban J connectivity index is 1.20. The molecule has 4 aromatic rings. The molecule has 4 heterocycles. The summed E-state index contributed by atoms with van der Waals surface area (Å²) in [4.78, 5) is 50.1. The van der Waals surface area contributed by atoms with Gasteiger partial charge in [-0.15, -0.1) is 0 Å². The molecule has 0 atom stereocenters. The van der Waals surface area contributed by atoms with Crippen molar-refractivity contribution in [3.05, 3.63) is 82.7 Å². The van der Waals surface area contributed by atoms with Crippen LogP contribution in [0.5, 0.6) is 0 Å². The molecule has 16 heteroatoms. The summed E-state index contributed by atoms with van der Waals surface area (Å²) in [5.41, 5.74) is 8.04. The summed E-state index contributed by atoms with van der Waals surface area (Å²) in [7, 11) is 3.65. The van der Waals surface area contributed by atoms with Gasteiger partial charge in [0.25, 0.3) is 5.91 Å².